The fraction of sp³-hybridized carbons (Fsp3) is 0.385. The van der Waals surface area contributed by atoms with E-state index in [1.165, 1.54) is 30.2 Å². The summed E-state index contributed by atoms with van der Waals surface area (Å²) in [6, 6.07) is 5.88. The van der Waals surface area contributed by atoms with E-state index >= 15 is 0 Å². The van der Waals surface area contributed by atoms with Crippen LogP contribution in [0.5, 0.6) is 5.75 Å². The number of carbonyl (C=O) groups is 1. The van der Waals surface area contributed by atoms with Gasteiger partial charge >= 0.3 is 0 Å². The van der Waals surface area contributed by atoms with Crippen LogP contribution in [0.25, 0.3) is 0 Å². The van der Waals surface area contributed by atoms with Crippen molar-refractivity contribution >= 4 is 5.91 Å². The Morgan fingerprint density at radius 3 is 2.72 bits per heavy atom. The molecule has 0 heterocycles. The lowest BCUT2D eigenvalue weighted by Gasteiger charge is -2.24. The first-order chi connectivity index (χ1) is 8.52. The maximum Gasteiger partial charge on any atom is 0.261 e. The fourth-order valence-electron chi connectivity index (χ4n) is 1.59. The Hall–Kier alpha value is -2.09. The molecule has 0 atom stereocenters. The van der Waals surface area contributed by atoms with E-state index in [0.717, 1.165) is 0 Å². The second-order valence-electron chi connectivity index (χ2n) is 4.00. The van der Waals surface area contributed by atoms with Crippen LogP contribution in [0.3, 0.4) is 0 Å². The standard InChI is InChI=1S/C13H15FN2O2/c1-9(2)16(8-7-15)13(17)12-10(14)5-4-6-11(12)18-3/h4-6,9H,8H2,1-3H3. The van der Waals surface area contributed by atoms with Crippen LogP contribution in [0.4, 0.5) is 4.39 Å². The molecule has 0 radical (unpaired) electrons. The van der Waals surface area contributed by atoms with E-state index in [-0.39, 0.29) is 23.9 Å². The Bertz CT molecular complexity index is 480. The third-order valence-electron chi connectivity index (χ3n) is 2.53. The number of hydrogen-bond acceptors (Lipinski definition) is 3. The van der Waals surface area contributed by atoms with E-state index in [1.54, 1.807) is 13.8 Å². The van der Waals surface area contributed by atoms with Gasteiger partial charge in [-0.1, -0.05) is 6.07 Å². The molecule has 0 saturated heterocycles. The third-order valence-corrected chi connectivity index (χ3v) is 2.53. The molecule has 0 N–H and O–H groups in total. The maximum atomic E-state index is 13.7. The largest absolute Gasteiger partial charge is 0.496 e. The molecule has 18 heavy (non-hydrogen) atoms. The van der Waals surface area contributed by atoms with Gasteiger partial charge in [-0.2, -0.15) is 5.26 Å². The number of ether oxygens (including phenoxy) is 1. The highest BCUT2D eigenvalue weighted by molar-refractivity contribution is 5.97. The van der Waals surface area contributed by atoms with E-state index in [9.17, 15) is 9.18 Å². The van der Waals surface area contributed by atoms with Crippen LogP contribution in [0, 0.1) is 17.1 Å². The first-order valence-corrected chi connectivity index (χ1v) is 5.53. The molecule has 0 fully saturated rings. The van der Waals surface area contributed by atoms with Crippen LogP contribution >= 0.6 is 0 Å². The average Bonchev–Trinajstić information content (AvgIpc) is 2.34. The number of hydrogen-bond donors (Lipinski definition) is 0. The Kier molecular flexibility index (Phi) is 4.67. The molecule has 4 nitrogen and oxygen atoms in total. The highest BCUT2D eigenvalue weighted by Crippen LogP contribution is 2.23. The molecule has 0 aliphatic heterocycles. The van der Waals surface area contributed by atoms with Gasteiger partial charge in [0.15, 0.2) is 0 Å². The van der Waals surface area contributed by atoms with Gasteiger partial charge in [-0.05, 0) is 26.0 Å². The van der Waals surface area contributed by atoms with E-state index < -0.39 is 11.7 Å². The number of nitriles is 1. The Morgan fingerprint density at radius 2 is 2.22 bits per heavy atom. The van der Waals surface area contributed by atoms with Crippen molar-refractivity contribution in [2.24, 2.45) is 0 Å². The highest BCUT2D eigenvalue weighted by atomic mass is 19.1. The van der Waals surface area contributed by atoms with Crippen LogP contribution in [-0.2, 0) is 0 Å². The lowest BCUT2D eigenvalue weighted by Crippen LogP contribution is -2.37. The lowest BCUT2D eigenvalue weighted by atomic mass is 10.1. The van der Waals surface area contributed by atoms with Gasteiger partial charge in [0.25, 0.3) is 5.91 Å². The molecule has 0 aliphatic carbocycles. The lowest BCUT2D eigenvalue weighted by molar-refractivity contribution is 0.0723. The third kappa shape index (κ3) is 2.77. The molecule has 0 aliphatic rings. The molecule has 0 bridgehead atoms. The van der Waals surface area contributed by atoms with Crippen LogP contribution < -0.4 is 4.74 Å². The normalized spacial score (nSPS) is 10.0. The van der Waals surface area contributed by atoms with Crippen LogP contribution in [0.15, 0.2) is 18.2 Å². The molecule has 1 aromatic rings. The maximum absolute atomic E-state index is 13.7. The summed E-state index contributed by atoms with van der Waals surface area (Å²) in [6.07, 6.45) is 0. The van der Waals surface area contributed by atoms with E-state index in [0.29, 0.717) is 0 Å². The minimum Gasteiger partial charge on any atom is -0.496 e. The SMILES string of the molecule is COc1cccc(F)c1C(=O)N(CC#N)C(C)C. The van der Waals surface area contributed by atoms with Gasteiger partial charge < -0.3 is 9.64 Å². The number of methoxy groups -OCH3 is 1. The van der Waals surface area contributed by atoms with Crippen molar-refractivity contribution in [3.05, 3.63) is 29.6 Å². The van der Waals surface area contributed by atoms with Gasteiger partial charge in [-0.25, -0.2) is 4.39 Å². The molecule has 0 unspecified atom stereocenters. The number of benzene rings is 1. The zero-order valence-electron chi connectivity index (χ0n) is 10.6. The summed E-state index contributed by atoms with van der Waals surface area (Å²) in [5.74, 6) is -1.02. The second kappa shape index (κ2) is 6.01. The zero-order chi connectivity index (χ0) is 13.7. The van der Waals surface area contributed by atoms with E-state index in [2.05, 4.69) is 0 Å². The summed E-state index contributed by atoms with van der Waals surface area (Å²) >= 11 is 0. The monoisotopic (exact) mass is 250 g/mol. The minimum atomic E-state index is -0.650. The molecule has 0 aromatic heterocycles. The van der Waals surface area contributed by atoms with Crippen molar-refractivity contribution in [1.82, 2.24) is 4.90 Å². The van der Waals surface area contributed by atoms with Crippen molar-refractivity contribution in [3.8, 4) is 11.8 Å². The molecule has 0 spiro atoms. The van der Waals surface area contributed by atoms with Crippen molar-refractivity contribution in [3.63, 3.8) is 0 Å². The quantitative estimate of drug-likeness (QED) is 0.770. The molecule has 1 aromatic carbocycles. The minimum absolute atomic E-state index is 0.0893. The first kappa shape index (κ1) is 14.0. The van der Waals surface area contributed by atoms with Gasteiger partial charge in [0.1, 0.15) is 23.7 Å². The number of halogens is 1. The molecular formula is C13H15FN2O2. The predicted octanol–water partition coefficient (Wildman–Crippen LogP) is 2.21. The van der Waals surface area contributed by atoms with Gasteiger partial charge in [0.2, 0.25) is 0 Å². The summed E-state index contributed by atoms with van der Waals surface area (Å²) in [5, 5.41) is 8.71. The number of nitrogens with zero attached hydrogens (tertiary/aromatic N) is 2. The number of amides is 1. The van der Waals surface area contributed by atoms with Crippen molar-refractivity contribution in [2.75, 3.05) is 13.7 Å². The van der Waals surface area contributed by atoms with Crippen molar-refractivity contribution in [1.29, 1.82) is 5.26 Å². The Balaban J connectivity index is 3.21. The smallest absolute Gasteiger partial charge is 0.261 e. The Labute approximate surface area is 106 Å². The second-order valence-corrected chi connectivity index (χ2v) is 4.00. The average molecular weight is 250 g/mol. The first-order valence-electron chi connectivity index (χ1n) is 5.53. The van der Waals surface area contributed by atoms with Gasteiger partial charge in [-0.3, -0.25) is 4.79 Å². The molecule has 5 heteroatoms. The molecule has 0 saturated carbocycles. The van der Waals surface area contributed by atoms with Gasteiger partial charge in [0, 0.05) is 6.04 Å². The predicted molar refractivity (Wildman–Crippen MR) is 64.7 cm³/mol. The van der Waals surface area contributed by atoms with Crippen LogP contribution in [0.2, 0.25) is 0 Å². The highest BCUT2D eigenvalue weighted by Gasteiger charge is 2.24. The summed E-state index contributed by atoms with van der Waals surface area (Å²) < 4.78 is 18.7. The van der Waals surface area contributed by atoms with Crippen LogP contribution in [0.1, 0.15) is 24.2 Å². The zero-order valence-corrected chi connectivity index (χ0v) is 10.6. The summed E-state index contributed by atoms with van der Waals surface area (Å²) in [6.45, 7) is 3.44. The van der Waals surface area contributed by atoms with Crippen LogP contribution in [-0.4, -0.2) is 30.5 Å². The summed E-state index contributed by atoms with van der Waals surface area (Å²) in [7, 11) is 1.37. The Morgan fingerprint density at radius 1 is 1.56 bits per heavy atom. The molecule has 96 valence electrons. The molecule has 1 rings (SSSR count). The van der Waals surface area contributed by atoms with Crippen molar-refractivity contribution < 1.29 is 13.9 Å². The topological polar surface area (TPSA) is 53.3 Å². The van der Waals surface area contributed by atoms with Gasteiger partial charge in [-0.15, -0.1) is 0 Å². The van der Waals surface area contributed by atoms with Gasteiger partial charge in [0.05, 0.1) is 13.2 Å². The van der Waals surface area contributed by atoms with E-state index in [1.807, 2.05) is 6.07 Å². The number of rotatable bonds is 4. The summed E-state index contributed by atoms with van der Waals surface area (Å²) in [5.41, 5.74) is -0.135. The molecular weight excluding hydrogens is 235 g/mol. The fourth-order valence-corrected chi connectivity index (χ4v) is 1.59. The number of carbonyl (C=O) groups excluding carboxylic acids is 1. The van der Waals surface area contributed by atoms with Crippen molar-refractivity contribution in [2.45, 2.75) is 19.9 Å². The summed E-state index contributed by atoms with van der Waals surface area (Å²) in [4.78, 5) is 13.5. The van der Waals surface area contributed by atoms with E-state index in [4.69, 9.17) is 10.00 Å². The molecule has 1 amide bonds.